The van der Waals surface area contributed by atoms with Crippen LogP contribution in [0.4, 0.5) is 0 Å². The Hall–Kier alpha value is -1.10. The highest BCUT2D eigenvalue weighted by Gasteiger charge is 2.28. The highest BCUT2D eigenvalue weighted by Crippen LogP contribution is 2.08. The van der Waals surface area contributed by atoms with Crippen LogP contribution < -0.4 is 5.32 Å². The minimum absolute atomic E-state index is 0.0572. The smallest absolute Gasteiger partial charge is 0.242 e. The van der Waals surface area contributed by atoms with E-state index in [-0.39, 0.29) is 17.9 Å². The van der Waals surface area contributed by atoms with Gasteiger partial charge in [0.25, 0.3) is 0 Å². The van der Waals surface area contributed by atoms with Crippen molar-refractivity contribution in [1.82, 2.24) is 10.2 Å². The number of carbonyl (C=O) groups excluding carboxylic acids is 2. The van der Waals surface area contributed by atoms with E-state index < -0.39 is 6.10 Å². The van der Waals surface area contributed by atoms with E-state index in [1.54, 1.807) is 18.7 Å². The first-order valence-corrected chi connectivity index (χ1v) is 5.27. The van der Waals surface area contributed by atoms with Crippen molar-refractivity contribution in [2.24, 2.45) is 0 Å². The van der Waals surface area contributed by atoms with E-state index in [1.807, 2.05) is 0 Å². The Morgan fingerprint density at radius 2 is 2.40 bits per heavy atom. The van der Waals surface area contributed by atoms with Crippen molar-refractivity contribution < 1.29 is 14.7 Å². The summed E-state index contributed by atoms with van der Waals surface area (Å²) in [6, 6.07) is -0.389. The molecule has 0 aromatic rings. The van der Waals surface area contributed by atoms with Gasteiger partial charge in [0.05, 0.1) is 6.10 Å². The van der Waals surface area contributed by atoms with Crippen molar-refractivity contribution in [3.05, 3.63) is 0 Å². The number of hydrogen-bond donors (Lipinski definition) is 2. The van der Waals surface area contributed by atoms with E-state index in [1.165, 1.54) is 0 Å². The minimum Gasteiger partial charge on any atom is -0.393 e. The lowest BCUT2D eigenvalue weighted by Crippen LogP contribution is -2.55. The van der Waals surface area contributed by atoms with Gasteiger partial charge >= 0.3 is 0 Å². The van der Waals surface area contributed by atoms with E-state index in [0.717, 1.165) is 0 Å². The molecule has 2 unspecified atom stereocenters. The van der Waals surface area contributed by atoms with Gasteiger partial charge in [-0.1, -0.05) is 0 Å². The lowest BCUT2D eigenvalue weighted by Gasteiger charge is -2.33. The maximum Gasteiger partial charge on any atom is 0.242 e. The quantitative estimate of drug-likeness (QED) is 0.665. The van der Waals surface area contributed by atoms with Crippen LogP contribution in [-0.2, 0) is 9.59 Å². The molecule has 0 saturated carbocycles. The fourth-order valence-corrected chi connectivity index (χ4v) is 1.60. The molecule has 1 fully saturated rings. The molecule has 1 rings (SSSR count). The van der Waals surface area contributed by atoms with Crippen LogP contribution in [0.15, 0.2) is 0 Å². The molecular formula is C10H18N2O3. The van der Waals surface area contributed by atoms with Crippen LogP contribution in [0.2, 0.25) is 0 Å². The van der Waals surface area contributed by atoms with Crippen LogP contribution in [0, 0.1) is 0 Å². The first-order chi connectivity index (χ1) is 7.02. The lowest BCUT2D eigenvalue weighted by atomic mass is 10.1. The van der Waals surface area contributed by atoms with Crippen molar-refractivity contribution in [3.63, 3.8) is 0 Å². The van der Waals surface area contributed by atoms with Gasteiger partial charge in [-0.05, 0) is 20.3 Å². The van der Waals surface area contributed by atoms with Crippen molar-refractivity contribution in [2.45, 2.75) is 38.8 Å². The zero-order valence-electron chi connectivity index (χ0n) is 9.19. The summed E-state index contributed by atoms with van der Waals surface area (Å²) in [5.41, 5.74) is 0. The zero-order chi connectivity index (χ0) is 11.4. The summed E-state index contributed by atoms with van der Waals surface area (Å²) < 4.78 is 0. The van der Waals surface area contributed by atoms with Crippen molar-refractivity contribution in [1.29, 1.82) is 0 Å². The molecule has 2 amide bonds. The SMILES string of the molecule is CC(O)CCC(=O)N1CCNC(=O)C1C. The number of rotatable bonds is 3. The van der Waals surface area contributed by atoms with Crippen LogP contribution in [0.25, 0.3) is 0 Å². The van der Waals surface area contributed by atoms with Gasteiger partial charge < -0.3 is 15.3 Å². The van der Waals surface area contributed by atoms with Crippen molar-refractivity contribution >= 4 is 11.8 Å². The predicted octanol–water partition coefficient (Wildman–Crippen LogP) is -0.506. The number of piperazine rings is 1. The van der Waals surface area contributed by atoms with Gasteiger partial charge in [0, 0.05) is 19.5 Å². The molecule has 1 saturated heterocycles. The molecule has 0 radical (unpaired) electrons. The summed E-state index contributed by atoms with van der Waals surface area (Å²) in [7, 11) is 0. The summed E-state index contributed by atoms with van der Waals surface area (Å²) in [5.74, 6) is -0.162. The fourth-order valence-electron chi connectivity index (χ4n) is 1.60. The Balaban J connectivity index is 2.47. The molecule has 0 bridgehead atoms. The molecule has 5 nitrogen and oxygen atoms in total. The van der Waals surface area contributed by atoms with E-state index in [9.17, 15) is 9.59 Å². The topological polar surface area (TPSA) is 69.6 Å². The molecule has 0 spiro atoms. The number of nitrogens with zero attached hydrogens (tertiary/aromatic N) is 1. The fraction of sp³-hybridized carbons (Fsp3) is 0.800. The van der Waals surface area contributed by atoms with Crippen molar-refractivity contribution in [2.75, 3.05) is 13.1 Å². The number of amides is 2. The Labute approximate surface area is 89.4 Å². The first-order valence-electron chi connectivity index (χ1n) is 5.27. The number of aliphatic hydroxyl groups excluding tert-OH is 1. The normalized spacial score (nSPS) is 23.5. The van der Waals surface area contributed by atoms with Gasteiger partial charge in [-0.15, -0.1) is 0 Å². The maximum absolute atomic E-state index is 11.7. The minimum atomic E-state index is -0.470. The predicted molar refractivity (Wildman–Crippen MR) is 55.1 cm³/mol. The van der Waals surface area contributed by atoms with Gasteiger partial charge in [0.2, 0.25) is 11.8 Å². The average molecular weight is 214 g/mol. The van der Waals surface area contributed by atoms with Crippen LogP contribution >= 0.6 is 0 Å². The van der Waals surface area contributed by atoms with E-state index >= 15 is 0 Å². The maximum atomic E-state index is 11.7. The Morgan fingerprint density at radius 1 is 1.73 bits per heavy atom. The molecule has 2 N–H and O–H groups in total. The molecule has 1 heterocycles. The van der Waals surface area contributed by atoms with Gasteiger partial charge in [-0.25, -0.2) is 0 Å². The van der Waals surface area contributed by atoms with E-state index in [2.05, 4.69) is 5.32 Å². The second-order valence-electron chi connectivity index (χ2n) is 3.94. The molecule has 1 aliphatic heterocycles. The van der Waals surface area contributed by atoms with Crippen LogP contribution in [-0.4, -0.2) is 47.1 Å². The summed E-state index contributed by atoms with van der Waals surface area (Å²) in [6.07, 6.45) is 0.279. The van der Waals surface area contributed by atoms with Gasteiger partial charge in [-0.2, -0.15) is 0 Å². The van der Waals surface area contributed by atoms with Gasteiger partial charge in [0.1, 0.15) is 6.04 Å². The lowest BCUT2D eigenvalue weighted by molar-refractivity contribution is -0.142. The van der Waals surface area contributed by atoms with Gasteiger partial charge in [-0.3, -0.25) is 9.59 Å². The third kappa shape index (κ3) is 3.20. The molecule has 2 atom stereocenters. The summed E-state index contributed by atoms with van der Waals surface area (Å²) in [6.45, 7) is 4.45. The second-order valence-corrected chi connectivity index (χ2v) is 3.94. The summed E-state index contributed by atoms with van der Waals surface area (Å²) in [4.78, 5) is 24.6. The van der Waals surface area contributed by atoms with E-state index in [0.29, 0.717) is 25.9 Å². The third-order valence-electron chi connectivity index (χ3n) is 2.60. The Kier molecular flexibility index (Phi) is 4.08. The number of hydrogen-bond acceptors (Lipinski definition) is 3. The first kappa shape index (κ1) is 12.0. The highest BCUT2D eigenvalue weighted by atomic mass is 16.3. The highest BCUT2D eigenvalue weighted by molar-refractivity contribution is 5.88. The third-order valence-corrected chi connectivity index (χ3v) is 2.60. The van der Waals surface area contributed by atoms with Crippen LogP contribution in [0.1, 0.15) is 26.7 Å². The molecule has 15 heavy (non-hydrogen) atoms. The van der Waals surface area contributed by atoms with Crippen LogP contribution in [0.5, 0.6) is 0 Å². The molecule has 0 aromatic heterocycles. The Morgan fingerprint density at radius 3 is 3.00 bits per heavy atom. The molecular weight excluding hydrogens is 196 g/mol. The monoisotopic (exact) mass is 214 g/mol. The van der Waals surface area contributed by atoms with Gasteiger partial charge in [0.15, 0.2) is 0 Å². The number of nitrogens with one attached hydrogen (secondary N) is 1. The molecule has 0 aromatic carbocycles. The Bertz CT molecular complexity index is 253. The molecule has 5 heteroatoms. The average Bonchev–Trinajstić information content (AvgIpc) is 2.18. The molecule has 86 valence electrons. The number of aliphatic hydroxyl groups is 1. The molecule has 0 aliphatic carbocycles. The van der Waals surface area contributed by atoms with Crippen LogP contribution in [0.3, 0.4) is 0 Å². The summed E-state index contributed by atoms with van der Waals surface area (Å²) in [5, 5.41) is 11.8. The molecule has 1 aliphatic rings. The number of carbonyl (C=O) groups is 2. The standard InChI is InChI=1S/C10H18N2O3/c1-7(13)3-4-9(14)12-6-5-11-10(15)8(12)2/h7-8,13H,3-6H2,1-2H3,(H,11,15). The zero-order valence-corrected chi connectivity index (χ0v) is 9.19. The summed E-state index contributed by atoms with van der Waals surface area (Å²) >= 11 is 0. The largest absolute Gasteiger partial charge is 0.393 e. The van der Waals surface area contributed by atoms with Crippen molar-refractivity contribution in [3.8, 4) is 0 Å². The second kappa shape index (κ2) is 5.11. The van der Waals surface area contributed by atoms with E-state index in [4.69, 9.17) is 5.11 Å².